The molecule has 1 N–H and O–H groups in total. The minimum Gasteiger partial charge on any atom is -0.361 e. The van der Waals surface area contributed by atoms with E-state index < -0.39 is 0 Å². The highest BCUT2D eigenvalue weighted by Gasteiger charge is 2.24. The van der Waals surface area contributed by atoms with Crippen LogP contribution in [0.2, 0.25) is 0 Å². The Balaban J connectivity index is 2.43. The lowest BCUT2D eigenvalue weighted by Crippen LogP contribution is -2.38. The van der Waals surface area contributed by atoms with Crippen molar-refractivity contribution in [2.75, 3.05) is 7.05 Å². The second kappa shape index (κ2) is 5.53. The molecule has 1 saturated carbocycles. The minimum absolute atomic E-state index is 0.512. The van der Waals surface area contributed by atoms with E-state index in [-0.39, 0.29) is 0 Å². The first kappa shape index (κ1) is 12.5. The van der Waals surface area contributed by atoms with E-state index in [1.54, 1.807) is 0 Å². The van der Waals surface area contributed by atoms with Gasteiger partial charge in [0, 0.05) is 19.0 Å². The molecule has 0 aromatic rings. The summed E-state index contributed by atoms with van der Waals surface area (Å²) in [5.41, 5.74) is 0. The maximum Gasteiger partial charge on any atom is 0.0989 e. The molecule has 1 fully saturated rings. The zero-order valence-electron chi connectivity index (χ0n) is 10.7. The lowest BCUT2D eigenvalue weighted by Gasteiger charge is -2.31. The number of rotatable bonds is 4. The SMILES string of the molecule is CC(C)CC(C)N(C)C(=N)C1CCCC1. The van der Waals surface area contributed by atoms with Gasteiger partial charge in [-0.25, -0.2) is 0 Å². The molecule has 2 heteroatoms. The van der Waals surface area contributed by atoms with Crippen LogP contribution in [0.5, 0.6) is 0 Å². The van der Waals surface area contributed by atoms with Gasteiger partial charge in [0.2, 0.25) is 0 Å². The fourth-order valence-corrected chi connectivity index (χ4v) is 2.57. The van der Waals surface area contributed by atoms with Gasteiger partial charge in [-0.05, 0) is 32.1 Å². The molecule has 88 valence electrons. The van der Waals surface area contributed by atoms with Crippen LogP contribution in [0.25, 0.3) is 0 Å². The molecule has 0 aromatic heterocycles. The van der Waals surface area contributed by atoms with E-state index in [1.807, 2.05) is 0 Å². The summed E-state index contributed by atoms with van der Waals surface area (Å²) < 4.78 is 0. The maximum atomic E-state index is 8.19. The highest BCUT2D eigenvalue weighted by molar-refractivity contribution is 5.81. The Morgan fingerprint density at radius 2 is 1.80 bits per heavy atom. The second-order valence-corrected chi connectivity index (χ2v) is 5.46. The molecule has 1 atom stereocenters. The molecule has 0 bridgehead atoms. The average molecular weight is 210 g/mol. The molecule has 0 amide bonds. The lowest BCUT2D eigenvalue weighted by molar-refractivity contribution is 0.317. The fourth-order valence-electron chi connectivity index (χ4n) is 2.57. The number of nitrogens with zero attached hydrogens (tertiary/aromatic N) is 1. The average Bonchev–Trinajstić information content (AvgIpc) is 2.67. The molecule has 1 aliphatic rings. The summed E-state index contributed by atoms with van der Waals surface area (Å²) in [6.45, 7) is 6.75. The summed E-state index contributed by atoms with van der Waals surface area (Å²) in [6.07, 6.45) is 6.29. The molecule has 0 radical (unpaired) electrons. The predicted molar refractivity (Wildman–Crippen MR) is 66.4 cm³/mol. The Morgan fingerprint density at radius 1 is 1.27 bits per heavy atom. The van der Waals surface area contributed by atoms with Crippen molar-refractivity contribution in [3.05, 3.63) is 0 Å². The number of hydrogen-bond donors (Lipinski definition) is 1. The van der Waals surface area contributed by atoms with Crippen LogP contribution < -0.4 is 0 Å². The summed E-state index contributed by atoms with van der Waals surface area (Å²) in [5.74, 6) is 2.14. The van der Waals surface area contributed by atoms with E-state index in [2.05, 4.69) is 32.7 Å². The third-order valence-electron chi connectivity index (χ3n) is 3.60. The lowest BCUT2D eigenvalue weighted by atomic mass is 10.0. The fraction of sp³-hybridized carbons (Fsp3) is 0.923. The van der Waals surface area contributed by atoms with Gasteiger partial charge in [-0.15, -0.1) is 0 Å². The third-order valence-corrected chi connectivity index (χ3v) is 3.60. The van der Waals surface area contributed by atoms with Crippen LogP contribution in [0.1, 0.15) is 52.9 Å². The Morgan fingerprint density at radius 3 is 2.27 bits per heavy atom. The van der Waals surface area contributed by atoms with Gasteiger partial charge in [-0.2, -0.15) is 0 Å². The summed E-state index contributed by atoms with van der Waals surface area (Å²) in [5, 5.41) is 8.19. The van der Waals surface area contributed by atoms with Gasteiger partial charge in [0.25, 0.3) is 0 Å². The van der Waals surface area contributed by atoms with Crippen molar-refractivity contribution in [3.8, 4) is 0 Å². The van der Waals surface area contributed by atoms with Crippen LogP contribution in [-0.4, -0.2) is 23.8 Å². The van der Waals surface area contributed by atoms with E-state index in [1.165, 1.54) is 32.1 Å². The monoisotopic (exact) mass is 210 g/mol. The zero-order chi connectivity index (χ0) is 11.4. The normalized spacial score (nSPS) is 19.5. The molecule has 0 saturated heterocycles. The number of nitrogens with one attached hydrogen (secondary N) is 1. The molecule has 1 aliphatic carbocycles. The van der Waals surface area contributed by atoms with Crippen LogP contribution in [0.3, 0.4) is 0 Å². The first-order chi connectivity index (χ1) is 7.02. The van der Waals surface area contributed by atoms with Gasteiger partial charge in [-0.3, -0.25) is 5.41 Å². The van der Waals surface area contributed by atoms with Gasteiger partial charge in [-0.1, -0.05) is 26.7 Å². The van der Waals surface area contributed by atoms with Gasteiger partial charge in [0.05, 0.1) is 5.84 Å². The van der Waals surface area contributed by atoms with Crippen LogP contribution in [0.4, 0.5) is 0 Å². The van der Waals surface area contributed by atoms with Crippen molar-refractivity contribution in [3.63, 3.8) is 0 Å². The molecule has 0 aromatic carbocycles. The Kier molecular flexibility index (Phi) is 4.62. The van der Waals surface area contributed by atoms with Crippen LogP contribution >= 0.6 is 0 Å². The van der Waals surface area contributed by atoms with Crippen LogP contribution in [0.15, 0.2) is 0 Å². The van der Waals surface area contributed by atoms with Gasteiger partial charge >= 0.3 is 0 Å². The molecule has 2 nitrogen and oxygen atoms in total. The quantitative estimate of drug-likeness (QED) is 0.558. The summed E-state index contributed by atoms with van der Waals surface area (Å²) in [4.78, 5) is 2.19. The highest BCUT2D eigenvalue weighted by atomic mass is 15.2. The molecule has 0 heterocycles. The first-order valence-corrected chi connectivity index (χ1v) is 6.33. The minimum atomic E-state index is 0.512. The molecule has 1 rings (SSSR count). The highest BCUT2D eigenvalue weighted by Crippen LogP contribution is 2.27. The molecule has 0 aliphatic heterocycles. The third kappa shape index (κ3) is 3.51. The molecular formula is C13H26N2. The van der Waals surface area contributed by atoms with E-state index in [9.17, 15) is 0 Å². The summed E-state index contributed by atoms with van der Waals surface area (Å²) in [6, 6.07) is 0.512. The van der Waals surface area contributed by atoms with E-state index in [0.29, 0.717) is 12.0 Å². The van der Waals surface area contributed by atoms with E-state index in [4.69, 9.17) is 5.41 Å². The predicted octanol–water partition coefficient (Wildman–Crippen LogP) is 3.52. The van der Waals surface area contributed by atoms with Crippen molar-refractivity contribution < 1.29 is 0 Å². The molecule has 15 heavy (non-hydrogen) atoms. The van der Waals surface area contributed by atoms with Crippen molar-refractivity contribution in [1.29, 1.82) is 5.41 Å². The molecule has 1 unspecified atom stereocenters. The van der Waals surface area contributed by atoms with E-state index in [0.717, 1.165) is 11.8 Å². The number of hydrogen-bond acceptors (Lipinski definition) is 1. The number of amidine groups is 1. The second-order valence-electron chi connectivity index (χ2n) is 5.46. The summed E-state index contributed by atoms with van der Waals surface area (Å²) >= 11 is 0. The van der Waals surface area contributed by atoms with E-state index >= 15 is 0 Å². The first-order valence-electron chi connectivity index (χ1n) is 6.33. The molecular weight excluding hydrogens is 184 g/mol. The van der Waals surface area contributed by atoms with Crippen molar-refractivity contribution >= 4 is 5.84 Å². The van der Waals surface area contributed by atoms with Crippen molar-refractivity contribution in [2.45, 2.75) is 58.9 Å². The smallest absolute Gasteiger partial charge is 0.0989 e. The van der Waals surface area contributed by atoms with Gasteiger partial charge in [0.15, 0.2) is 0 Å². The van der Waals surface area contributed by atoms with Crippen LogP contribution in [0, 0.1) is 17.2 Å². The van der Waals surface area contributed by atoms with Gasteiger partial charge < -0.3 is 4.90 Å². The van der Waals surface area contributed by atoms with Gasteiger partial charge in [0.1, 0.15) is 0 Å². The topological polar surface area (TPSA) is 27.1 Å². The Bertz CT molecular complexity index is 205. The zero-order valence-corrected chi connectivity index (χ0v) is 10.7. The molecule has 0 spiro atoms. The van der Waals surface area contributed by atoms with Crippen LogP contribution in [-0.2, 0) is 0 Å². The van der Waals surface area contributed by atoms with Crippen molar-refractivity contribution in [1.82, 2.24) is 4.90 Å². The van der Waals surface area contributed by atoms with Crippen molar-refractivity contribution in [2.24, 2.45) is 11.8 Å². The maximum absolute atomic E-state index is 8.19. The summed E-state index contributed by atoms with van der Waals surface area (Å²) in [7, 11) is 2.09. The Hall–Kier alpha value is -0.530. The standard InChI is InChI=1S/C13H26N2/c1-10(2)9-11(3)15(4)13(14)12-7-5-6-8-12/h10-12,14H,5-9H2,1-4H3. The Labute approximate surface area is 94.6 Å². The largest absolute Gasteiger partial charge is 0.361 e.